The minimum Gasteiger partial charge on any atom is -0.299 e. The molecule has 0 aromatic heterocycles. The van der Waals surface area contributed by atoms with Gasteiger partial charge in [0.2, 0.25) is 15.9 Å². The van der Waals surface area contributed by atoms with Crippen LogP contribution in [0, 0.1) is 16.7 Å². The van der Waals surface area contributed by atoms with E-state index in [0.29, 0.717) is 38.8 Å². The van der Waals surface area contributed by atoms with E-state index in [4.69, 9.17) is 0 Å². The molecule has 9 heteroatoms. The molecule has 2 amide bonds. The highest BCUT2D eigenvalue weighted by molar-refractivity contribution is 8.14. The summed E-state index contributed by atoms with van der Waals surface area (Å²) in [6, 6.07) is -0.218. The molecule has 27 heavy (non-hydrogen) atoms. The van der Waals surface area contributed by atoms with Gasteiger partial charge in [-0.1, -0.05) is 25.6 Å². The molecule has 2 aliphatic carbocycles. The Kier molecular flexibility index (Phi) is 4.51. The van der Waals surface area contributed by atoms with E-state index < -0.39 is 15.4 Å². The van der Waals surface area contributed by atoms with Crippen LogP contribution in [0.5, 0.6) is 0 Å². The Morgan fingerprint density at radius 3 is 2.26 bits per heavy atom. The van der Waals surface area contributed by atoms with Crippen molar-refractivity contribution >= 4 is 38.7 Å². The summed E-state index contributed by atoms with van der Waals surface area (Å²) in [5.74, 6) is 0.284. The van der Waals surface area contributed by atoms with Crippen LogP contribution in [-0.4, -0.2) is 65.2 Å². The first-order valence-corrected chi connectivity index (χ1v) is 12.2. The lowest BCUT2D eigenvalue weighted by atomic mass is 9.70. The first kappa shape index (κ1) is 19.4. The summed E-state index contributed by atoms with van der Waals surface area (Å²) < 4.78 is 27.7. The maximum Gasteiger partial charge on any atom is 0.289 e. The van der Waals surface area contributed by atoms with Crippen molar-refractivity contribution in [2.24, 2.45) is 16.7 Å². The fourth-order valence-electron chi connectivity index (χ4n) is 5.61. The quantitative estimate of drug-likeness (QED) is 0.697. The number of rotatable bonds is 4. The van der Waals surface area contributed by atoms with Crippen LogP contribution in [0.25, 0.3) is 0 Å². The van der Waals surface area contributed by atoms with Crippen molar-refractivity contribution in [3.8, 4) is 0 Å². The lowest BCUT2D eigenvalue weighted by Crippen LogP contribution is -2.51. The second-order valence-corrected chi connectivity index (χ2v) is 11.8. The third kappa shape index (κ3) is 2.80. The minimum absolute atomic E-state index is 0.104. The number of hydrogen-bond donors (Lipinski definition) is 0. The second-order valence-electron chi connectivity index (χ2n) is 8.87. The summed E-state index contributed by atoms with van der Waals surface area (Å²) >= 11 is 1.01. The van der Waals surface area contributed by atoms with Gasteiger partial charge in [-0.25, -0.2) is 12.7 Å². The van der Waals surface area contributed by atoms with E-state index in [1.165, 1.54) is 9.21 Å². The average Bonchev–Trinajstić information content (AvgIpc) is 3.12. The van der Waals surface area contributed by atoms with Gasteiger partial charge in [-0.3, -0.25) is 19.3 Å². The lowest BCUT2D eigenvalue weighted by molar-refractivity contribution is -0.128. The Bertz CT molecular complexity index is 785. The topological polar surface area (TPSA) is 91.8 Å². The van der Waals surface area contributed by atoms with Gasteiger partial charge in [0, 0.05) is 31.0 Å². The number of thioether (sulfide) groups is 1. The molecule has 4 rings (SSSR count). The van der Waals surface area contributed by atoms with Gasteiger partial charge in [-0.05, 0) is 37.0 Å². The molecule has 2 bridgehead atoms. The molecule has 0 spiro atoms. The number of carbonyl (C=O) groups excluding carboxylic acids is 3. The zero-order valence-corrected chi connectivity index (χ0v) is 17.4. The van der Waals surface area contributed by atoms with Crippen LogP contribution in [-0.2, 0) is 19.6 Å². The van der Waals surface area contributed by atoms with Gasteiger partial charge in [-0.2, -0.15) is 0 Å². The number of amides is 2. The van der Waals surface area contributed by atoms with Gasteiger partial charge in [0.1, 0.15) is 5.78 Å². The van der Waals surface area contributed by atoms with Gasteiger partial charge in [0.05, 0.1) is 11.5 Å². The van der Waals surface area contributed by atoms with Crippen LogP contribution in [0.3, 0.4) is 0 Å². The Morgan fingerprint density at radius 2 is 1.78 bits per heavy atom. The molecule has 2 unspecified atom stereocenters. The maximum atomic E-state index is 13.1. The van der Waals surface area contributed by atoms with E-state index in [0.717, 1.165) is 18.2 Å². The fraction of sp³-hybridized carbons (Fsp3) is 0.833. The van der Waals surface area contributed by atoms with Gasteiger partial charge < -0.3 is 0 Å². The van der Waals surface area contributed by atoms with Crippen molar-refractivity contribution in [3.05, 3.63) is 0 Å². The normalized spacial score (nSPS) is 34.8. The predicted octanol–water partition coefficient (Wildman–Crippen LogP) is 1.87. The number of carbonyl (C=O) groups is 3. The van der Waals surface area contributed by atoms with Gasteiger partial charge >= 0.3 is 0 Å². The molecule has 4 fully saturated rings. The Labute approximate surface area is 164 Å². The van der Waals surface area contributed by atoms with Crippen molar-refractivity contribution in [1.29, 1.82) is 0 Å². The largest absolute Gasteiger partial charge is 0.299 e. The summed E-state index contributed by atoms with van der Waals surface area (Å²) in [5.41, 5.74) is -1.04. The van der Waals surface area contributed by atoms with Crippen LogP contribution >= 0.6 is 11.8 Å². The van der Waals surface area contributed by atoms with Gasteiger partial charge in [0.25, 0.3) is 5.24 Å². The highest BCUT2D eigenvalue weighted by Gasteiger charge is 2.65. The van der Waals surface area contributed by atoms with Crippen LogP contribution in [0.1, 0.15) is 46.0 Å². The second kappa shape index (κ2) is 6.29. The van der Waals surface area contributed by atoms with Crippen molar-refractivity contribution in [2.75, 3.05) is 24.6 Å². The summed E-state index contributed by atoms with van der Waals surface area (Å²) in [6.07, 6.45) is 3.01. The number of piperidine rings is 1. The SMILES string of the molecule is CC1(C)C2CCC1(CS(=O)(=O)N1CCC(N3C(=O)CSC3=O)CC1)C(=O)C2. The Morgan fingerprint density at radius 1 is 1.11 bits per heavy atom. The predicted molar refractivity (Wildman–Crippen MR) is 102 cm³/mol. The number of fused-ring (bicyclic) bond motifs is 2. The Balaban J connectivity index is 1.46. The number of nitrogens with zero attached hydrogens (tertiary/aromatic N) is 2. The van der Waals surface area contributed by atoms with Crippen LogP contribution in [0.4, 0.5) is 4.79 Å². The van der Waals surface area contributed by atoms with Crippen LogP contribution in [0.2, 0.25) is 0 Å². The van der Waals surface area contributed by atoms with E-state index in [9.17, 15) is 22.8 Å². The van der Waals surface area contributed by atoms with Crippen LogP contribution < -0.4 is 0 Å². The Hall–Kier alpha value is -0.930. The lowest BCUT2D eigenvalue weighted by Gasteiger charge is -2.39. The molecule has 2 atom stereocenters. The summed E-state index contributed by atoms with van der Waals surface area (Å²) in [4.78, 5) is 37.8. The number of ketones is 1. The standard InChI is InChI=1S/C18H26N2O5S2/c1-17(2)12-3-6-18(17,14(21)9-12)11-27(24,25)19-7-4-13(5-8-19)20-15(22)10-26-16(20)23/h12-13H,3-11H2,1-2H3. The van der Waals surface area contributed by atoms with Crippen molar-refractivity contribution in [2.45, 2.75) is 52.0 Å². The first-order valence-electron chi connectivity index (χ1n) is 9.58. The van der Waals surface area contributed by atoms with E-state index >= 15 is 0 Å². The zero-order chi connectivity index (χ0) is 19.6. The van der Waals surface area contributed by atoms with Crippen LogP contribution in [0.15, 0.2) is 0 Å². The summed E-state index contributed by atoms with van der Waals surface area (Å²) in [5, 5.41) is -0.226. The molecule has 150 valence electrons. The number of sulfonamides is 1. The van der Waals surface area contributed by atoms with E-state index in [2.05, 4.69) is 0 Å². The number of Topliss-reactive ketones (excluding diaryl/α,β-unsaturated/α-hetero) is 1. The molecular weight excluding hydrogens is 388 g/mol. The van der Waals surface area contributed by atoms with E-state index in [-0.39, 0.29) is 45.8 Å². The third-order valence-corrected chi connectivity index (χ3v) is 10.4. The molecule has 2 aliphatic heterocycles. The number of imide groups is 1. The molecule has 4 aliphatic rings. The molecule has 0 N–H and O–H groups in total. The molecule has 2 heterocycles. The molecule has 2 saturated carbocycles. The maximum absolute atomic E-state index is 13.1. The first-order chi connectivity index (χ1) is 12.6. The number of hydrogen-bond acceptors (Lipinski definition) is 6. The fourth-order valence-corrected chi connectivity index (χ4v) is 8.63. The van der Waals surface area contributed by atoms with Gasteiger partial charge in [0.15, 0.2) is 0 Å². The van der Waals surface area contributed by atoms with Crippen molar-refractivity contribution in [3.63, 3.8) is 0 Å². The molecule has 0 aromatic rings. The minimum atomic E-state index is -3.57. The third-order valence-electron chi connectivity index (χ3n) is 7.53. The molecule has 0 aromatic carbocycles. The van der Waals surface area contributed by atoms with Crippen molar-refractivity contribution in [1.82, 2.24) is 9.21 Å². The van der Waals surface area contributed by atoms with Gasteiger partial charge in [-0.15, -0.1) is 0 Å². The molecule has 2 saturated heterocycles. The molecule has 0 radical (unpaired) electrons. The summed E-state index contributed by atoms with van der Waals surface area (Å²) in [6.45, 7) is 4.67. The summed E-state index contributed by atoms with van der Waals surface area (Å²) in [7, 11) is -3.57. The highest BCUT2D eigenvalue weighted by atomic mass is 32.2. The molecule has 7 nitrogen and oxygen atoms in total. The highest BCUT2D eigenvalue weighted by Crippen LogP contribution is 2.64. The average molecular weight is 415 g/mol. The van der Waals surface area contributed by atoms with Crippen molar-refractivity contribution < 1.29 is 22.8 Å². The molecular formula is C18H26N2O5S2. The zero-order valence-electron chi connectivity index (χ0n) is 15.8. The van der Waals surface area contributed by atoms with E-state index in [1.54, 1.807) is 0 Å². The monoisotopic (exact) mass is 414 g/mol. The smallest absolute Gasteiger partial charge is 0.289 e. The van der Waals surface area contributed by atoms with E-state index in [1.807, 2.05) is 13.8 Å².